The quantitative estimate of drug-likeness (QED) is 0.797. The van der Waals surface area contributed by atoms with Crippen LogP contribution in [0.1, 0.15) is 12.8 Å². The third-order valence-corrected chi connectivity index (χ3v) is 3.69. The maximum Gasteiger partial charge on any atom is 0.203 e. The van der Waals surface area contributed by atoms with Crippen LogP contribution in [0.2, 0.25) is 0 Å². The van der Waals surface area contributed by atoms with Gasteiger partial charge in [-0.25, -0.2) is 4.98 Å². The Morgan fingerprint density at radius 3 is 3.00 bits per heavy atom. The van der Waals surface area contributed by atoms with Crippen LogP contribution in [0.15, 0.2) is 18.7 Å². The van der Waals surface area contributed by atoms with Crippen LogP contribution in [0.4, 0.5) is 5.82 Å². The molecule has 0 atom stereocenters. The summed E-state index contributed by atoms with van der Waals surface area (Å²) in [7, 11) is 0. The predicted octanol–water partition coefficient (Wildman–Crippen LogP) is 1.50. The van der Waals surface area contributed by atoms with Crippen molar-refractivity contribution in [3.8, 4) is 0 Å². The average molecular weight is 326 g/mol. The van der Waals surface area contributed by atoms with E-state index in [1.165, 1.54) is 0 Å². The Labute approximate surface area is 119 Å². The van der Waals surface area contributed by atoms with Crippen molar-refractivity contribution in [1.82, 2.24) is 19.6 Å². The van der Waals surface area contributed by atoms with E-state index in [0.29, 0.717) is 6.10 Å². The van der Waals surface area contributed by atoms with Gasteiger partial charge in [0.1, 0.15) is 6.33 Å². The van der Waals surface area contributed by atoms with E-state index in [1.807, 2.05) is 10.6 Å². The van der Waals surface area contributed by atoms with Gasteiger partial charge in [0.15, 0.2) is 5.82 Å². The minimum absolute atomic E-state index is 0.367. The van der Waals surface area contributed by atoms with Gasteiger partial charge in [-0.05, 0) is 12.8 Å². The summed E-state index contributed by atoms with van der Waals surface area (Å²) in [4.78, 5) is 6.71. The first-order valence-electron chi connectivity index (χ1n) is 6.45. The van der Waals surface area contributed by atoms with Crippen LogP contribution < -0.4 is 4.90 Å². The smallest absolute Gasteiger partial charge is 0.203 e. The molecule has 1 aliphatic rings. The molecule has 0 unspecified atom stereocenters. The summed E-state index contributed by atoms with van der Waals surface area (Å²) in [5, 5.41) is 8.96. The molecule has 1 aliphatic heterocycles. The van der Waals surface area contributed by atoms with Crippen LogP contribution in [0, 0.1) is 0 Å². The number of ether oxygens (including phenoxy) is 1. The highest BCUT2D eigenvalue weighted by Crippen LogP contribution is 2.22. The third kappa shape index (κ3) is 2.71. The average Bonchev–Trinajstić information content (AvgIpc) is 2.94. The maximum atomic E-state index is 5.76. The van der Waals surface area contributed by atoms with Gasteiger partial charge in [0, 0.05) is 30.8 Å². The molecule has 2 aromatic heterocycles. The van der Waals surface area contributed by atoms with Gasteiger partial charge in [0.2, 0.25) is 5.65 Å². The van der Waals surface area contributed by atoms with Crippen molar-refractivity contribution in [2.75, 3.05) is 29.9 Å². The molecule has 1 fully saturated rings. The molecule has 102 valence electrons. The van der Waals surface area contributed by atoms with Gasteiger partial charge in [-0.15, -0.1) is 10.2 Å². The number of hydrogen-bond donors (Lipinski definition) is 0. The summed E-state index contributed by atoms with van der Waals surface area (Å²) in [6.45, 7) is 2.68. The molecular weight excluding hydrogens is 310 g/mol. The number of hydrogen-bond acceptors (Lipinski definition) is 5. The number of fused-ring (bicyclic) bond motifs is 1. The summed E-state index contributed by atoms with van der Waals surface area (Å²) in [5.41, 5.74) is 0.822. The molecule has 2 aromatic rings. The lowest BCUT2D eigenvalue weighted by Gasteiger charge is -2.32. The minimum Gasteiger partial charge on any atom is -0.377 e. The minimum atomic E-state index is 0.367. The SMILES string of the molecule is BrCCOC1CCN(c2nccn3cnnc23)CC1. The van der Waals surface area contributed by atoms with Gasteiger partial charge >= 0.3 is 0 Å². The molecule has 0 N–H and O–H groups in total. The maximum absolute atomic E-state index is 5.76. The van der Waals surface area contributed by atoms with E-state index in [2.05, 4.69) is 36.0 Å². The molecule has 0 radical (unpaired) electrons. The number of nitrogens with zero attached hydrogens (tertiary/aromatic N) is 5. The number of halogens is 1. The van der Waals surface area contributed by atoms with Crippen LogP contribution >= 0.6 is 15.9 Å². The monoisotopic (exact) mass is 325 g/mol. The Morgan fingerprint density at radius 1 is 1.37 bits per heavy atom. The van der Waals surface area contributed by atoms with Gasteiger partial charge < -0.3 is 9.64 Å². The molecule has 3 rings (SSSR count). The zero-order valence-corrected chi connectivity index (χ0v) is 12.2. The Bertz CT molecular complexity index is 538. The van der Waals surface area contributed by atoms with Crippen molar-refractivity contribution < 1.29 is 4.74 Å². The standard InChI is InChI=1S/C12H16BrN5O/c13-3-8-19-10-1-5-17(6-2-10)11-12-16-15-9-18(12)7-4-14-11/h4,7,9-10H,1-3,5-6,8H2. The van der Waals surface area contributed by atoms with E-state index in [9.17, 15) is 0 Å². The number of rotatable bonds is 4. The largest absolute Gasteiger partial charge is 0.377 e. The summed E-state index contributed by atoms with van der Waals surface area (Å²) < 4.78 is 7.66. The second-order valence-electron chi connectivity index (χ2n) is 4.56. The molecule has 0 aliphatic carbocycles. The molecule has 1 saturated heterocycles. The fourth-order valence-corrected chi connectivity index (χ4v) is 2.60. The highest BCUT2D eigenvalue weighted by Gasteiger charge is 2.22. The normalized spacial score (nSPS) is 17.2. The van der Waals surface area contributed by atoms with E-state index in [-0.39, 0.29) is 0 Å². The van der Waals surface area contributed by atoms with E-state index >= 15 is 0 Å². The van der Waals surface area contributed by atoms with Crippen molar-refractivity contribution in [1.29, 1.82) is 0 Å². The fourth-order valence-electron chi connectivity index (χ4n) is 2.41. The number of aromatic nitrogens is 4. The Balaban J connectivity index is 1.69. The van der Waals surface area contributed by atoms with E-state index in [1.54, 1.807) is 12.5 Å². The van der Waals surface area contributed by atoms with Crippen molar-refractivity contribution in [2.24, 2.45) is 0 Å². The summed E-state index contributed by atoms with van der Waals surface area (Å²) in [6.07, 6.45) is 7.79. The second-order valence-corrected chi connectivity index (χ2v) is 5.35. The van der Waals surface area contributed by atoms with Gasteiger partial charge in [0.25, 0.3) is 0 Å². The molecule has 0 spiro atoms. The second kappa shape index (κ2) is 5.83. The molecule has 7 heteroatoms. The lowest BCUT2D eigenvalue weighted by atomic mass is 10.1. The fraction of sp³-hybridized carbons (Fsp3) is 0.583. The molecule has 0 saturated carbocycles. The number of anilines is 1. The topological polar surface area (TPSA) is 55.5 Å². The molecule has 6 nitrogen and oxygen atoms in total. The molecule has 19 heavy (non-hydrogen) atoms. The number of piperidine rings is 1. The molecule has 0 aromatic carbocycles. The van der Waals surface area contributed by atoms with Gasteiger partial charge in [-0.1, -0.05) is 15.9 Å². The van der Waals surface area contributed by atoms with Crippen LogP contribution in [0.25, 0.3) is 5.65 Å². The molecule has 0 bridgehead atoms. The first kappa shape index (κ1) is 12.8. The van der Waals surface area contributed by atoms with Gasteiger partial charge in [-0.3, -0.25) is 4.40 Å². The van der Waals surface area contributed by atoms with Gasteiger partial charge in [0.05, 0.1) is 12.7 Å². The summed E-state index contributed by atoms with van der Waals surface area (Å²) in [6, 6.07) is 0. The van der Waals surface area contributed by atoms with E-state index in [4.69, 9.17) is 4.74 Å². The Kier molecular flexibility index (Phi) is 3.93. The van der Waals surface area contributed by atoms with Gasteiger partial charge in [-0.2, -0.15) is 0 Å². The van der Waals surface area contributed by atoms with E-state index in [0.717, 1.165) is 49.3 Å². The zero-order valence-electron chi connectivity index (χ0n) is 10.6. The van der Waals surface area contributed by atoms with Crippen LogP contribution in [0.3, 0.4) is 0 Å². The predicted molar refractivity (Wildman–Crippen MR) is 75.8 cm³/mol. The summed E-state index contributed by atoms with van der Waals surface area (Å²) >= 11 is 3.38. The zero-order chi connectivity index (χ0) is 13.1. The molecular formula is C12H16BrN5O. The van der Waals surface area contributed by atoms with Crippen LogP contribution in [0.5, 0.6) is 0 Å². The Hall–Kier alpha value is -1.21. The van der Waals surface area contributed by atoms with E-state index < -0.39 is 0 Å². The Morgan fingerprint density at radius 2 is 2.21 bits per heavy atom. The van der Waals surface area contributed by atoms with Crippen molar-refractivity contribution >= 4 is 27.4 Å². The lowest BCUT2D eigenvalue weighted by Crippen LogP contribution is -2.38. The highest BCUT2D eigenvalue weighted by molar-refractivity contribution is 9.09. The van der Waals surface area contributed by atoms with Crippen molar-refractivity contribution in [3.63, 3.8) is 0 Å². The first-order valence-corrected chi connectivity index (χ1v) is 7.57. The van der Waals surface area contributed by atoms with Crippen molar-refractivity contribution in [3.05, 3.63) is 18.7 Å². The highest BCUT2D eigenvalue weighted by atomic mass is 79.9. The lowest BCUT2D eigenvalue weighted by molar-refractivity contribution is 0.0480. The molecule has 3 heterocycles. The van der Waals surface area contributed by atoms with Crippen LogP contribution in [-0.2, 0) is 4.74 Å². The first-order chi connectivity index (χ1) is 9.38. The number of alkyl halides is 1. The van der Waals surface area contributed by atoms with Crippen molar-refractivity contribution in [2.45, 2.75) is 18.9 Å². The molecule has 0 amide bonds. The summed E-state index contributed by atoms with van der Waals surface area (Å²) in [5.74, 6) is 0.916. The van der Waals surface area contributed by atoms with Crippen LogP contribution in [-0.4, -0.2) is 50.7 Å². The third-order valence-electron chi connectivity index (χ3n) is 3.37.